The van der Waals surface area contributed by atoms with Gasteiger partial charge in [0.15, 0.2) is 0 Å². The summed E-state index contributed by atoms with van der Waals surface area (Å²) in [6.07, 6.45) is -4.93. The Labute approximate surface area is 136 Å². The average Bonchev–Trinajstić information content (AvgIpc) is 2.53. The number of hydrogen-bond acceptors (Lipinski definition) is 2. The minimum atomic E-state index is -4.93. The Hall–Kier alpha value is -2.41. The molecule has 1 amide bonds. The quantitative estimate of drug-likeness (QED) is 0.802. The Morgan fingerprint density at radius 1 is 1.12 bits per heavy atom. The van der Waals surface area contributed by atoms with Gasteiger partial charge in [-0.05, 0) is 42.3 Å². The van der Waals surface area contributed by atoms with Crippen LogP contribution in [0.5, 0.6) is 0 Å². The molecule has 0 bridgehead atoms. The van der Waals surface area contributed by atoms with Crippen molar-refractivity contribution in [3.63, 3.8) is 0 Å². The third-order valence-electron chi connectivity index (χ3n) is 3.42. The lowest BCUT2D eigenvalue weighted by Crippen LogP contribution is -2.30. The van der Waals surface area contributed by atoms with Gasteiger partial charge in [0.2, 0.25) is 0 Å². The van der Waals surface area contributed by atoms with Gasteiger partial charge in [0.1, 0.15) is 5.82 Å². The van der Waals surface area contributed by atoms with Gasteiger partial charge >= 0.3 is 12.1 Å². The van der Waals surface area contributed by atoms with Crippen molar-refractivity contribution in [2.24, 2.45) is 0 Å². The highest BCUT2D eigenvalue weighted by Crippen LogP contribution is 2.19. The molecule has 0 aromatic heterocycles. The van der Waals surface area contributed by atoms with Gasteiger partial charge in [-0.15, -0.1) is 0 Å². The monoisotopic (exact) mass is 340 g/mol. The number of halogens is 4. The van der Waals surface area contributed by atoms with E-state index in [-0.39, 0.29) is 17.5 Å². The first-order valence-electron chi connectivity index (χ1n) is 7.21. The van der Waals surface area contributed by atoms with Gasteiger partial charge in [-0.25, -0.2) is 4.39 Å². The van der Waals surface area contributed by atoms with Crippen LogP contribution in [0.3, 0.4) is 0 Å². The molecule has 7 heteroatoms. The van der Waals surface area contributed by atoms with Crippen LogP contribution in [-0.2, 0) is 11.3 Å². The Kier molecular flexibility index (Phi) is 5.56. The van der Waals surface area contributed by atoms with Gasteiger partial charge in [-0.1, -0.05) is 24.3 Å². The normalized spacial score (nSPS) is 12.7. The molecule has 128 valence electrons. The van der Waals surface area contributed by atoms with Crippen molar-refractivity contribution in [2.75, 3.05) is 5.32 Å². The Morgan fingerprint density at radius 2 is 1.79 bits per heavy atom. The van der Waals surface area contributed by atoms with Crippen molar-refractivity contribution in [1.82, 2.24) is 5.32 Å². The van der Waals surface area contributed by atoms with Gasteiger partial charge in [-0.2, -0.15) is 13.2 Å². The molecule has 0 fully saturated rings. The van der Waals surface area contributed by atoms with Crippen LogP contribution in [0.4, 0.5) is 23.2 Å². The first-order valence-corrected chi connectivity index (χ1v) is 7.21. The zero-order chi connectivity index (χ0) is 17.7. The zero-order valence-corrected chi connectivity index (χ0v) is 12.8. The largest absolute Gasteiger partial charge is 0.471 e. The molecule has 0 saturated carbocycles. The molecule has 2 rings (SSSR count). The summed E-state index contributed by atoms with van der Waals surface area (Å²) in [5.74, 6) is -2.33. The summed E-state index contributed by atoms with van der Waals surface area (Å²) in [7, 11) is 0. The van der Waals surface area contributed by atoms with Crippen LogP contribution in [-0.4, -0.2) is 12.1 Å². The molecule has 2 N–H and O–H groups in total. The molecule has 0 saturated heterocycles. The van der Waals surface area contributed by atoms with Crippen LogP contribution in [0, 0.1) is 5.82 Å². The number of amides is 1. The standard InChI is InChI=1S/C17H16F4N2O/c1-11(13-5-7-14(18)8-6-13)22-10-12-3-2-4-15(9-12)23-16(24)17(19,20)21/h2-9,11,22H,10H2,1H3,(H,23,24)/t11-/m1/s1. The number of hydrogen-bond donors (Lipinski definition) is 2. The molecular formula is C17H16F4N2O. The maximum Gasteiger partial charge on any atom is 0.471 e. The number of anilines is 1. The Bertz CT molecular complexity index is 698. The lowest BCUT2D eigenvalue weighted by Gasteiger charge is -2.15. The van der Waals surface area contributed by atoms with E-state index in [1.807, 2.05) is 12.2 Å². The molecule has 0 heterocycles. The van der Waals surface area contributed by atoms with E-state index in [2.05, 4.69) is 5.32 Å². The van der Waals surface area contributed by atoms with Crippen molar-refractivity contribution < 1.29 is 22.4 Å². The van der Waals surface area contributed by atoms with Gasteiger partial charge in [0.05, 0.1) is 0 Å². The molecule has 0 spiro atoms. The van der Waals surface area contributed by atoms with E-state index in [4.69, 9.17) is 0 Å². The second-order valence-corrected chi connectivity index (χ2v) is 5.31. The van der Waals surface area contributed by atoms with Crippen molar-refractivity contribution in [2.45, 2.75) is 25.7 Å². The van der Waals surface area contributed by atoms with E-state index >= 15 is 0 Å². The van der Waals surface area contributed by atoms with E-state index in [9.17, 15) is 22.4 Å². The van der Waals surface area contributed by atoms with Gasteiger partial charge in [0, 0.05) is 18.3 Å². The predicted octanol–water partition coefficient (Wildman–Crippen LogP) is 4.18. The number of rotatable bonds is 5. The lowest BCUT2D eigenvalue weighted by molar-refractivity contribution is -0.167. The molecule has 3 nitrogen and oxygen atoms in total. The van der Waals surface area contributed by atoms with Crippen LogP contribution in [0.2, 0.25) is 0 Å². The second kappa shape index (κ2) is 7.44. The molecule has 0 unspecified atom stereocenters. The van der Waals surface area contributed by atoms with E-state index in [1.54, 1.807) is 24.3 Å². The summed E-state index contributed by atoms with van der Waals surface area (Å²) < 4.78 is 49.7. The Balaban J connectivity index is 1.97. The third-order valence-corrected chi connectivity index (χ3v) is 3.42. The molecule has 2 aromatic rings. The van der Waals surface area contributed by atoms with E-state index in [0.29, 0.717) is 12.1 Å². The highest BCUT2D eigenvalue weighted by molar-refractivity contribution is 5.94. The van der Waals surface area contributed by atoms with Gasteiger partial charge in [-0.3, -0.25) is 4.79 Å². The molecule has 2 aromatic carbocycles. The van der Waals surface area contributed by atoms with Crippen LogP contribution < -0.4 is 10.6 Å². The maximum absolute atomic E-state index is 12.9. The van der Waals surface area contributed by atoms with E-state index < -0.39 is 12.1 Å². The smallest absolute Gasteiger partial charge is 0.318 e. The number of alkyl halides is 3. The fourth-order valence-electron chi connectivity index (χ4n) is 2.10. The SMILES string of the molecule is C[C@@H](NCc1cccc(NC(=O)C(F)(F)F)c1)c1ccc(F)cc1. The molecule has 0 aliphatic carbocycles. The van der Waals surface area contributed by atoms with Crippen LogP contribution in [0.15, 0.2) is 48.5 Å². The lowest BCUT2D eigenvalue weighted by atomic mass is 10.1. The fourth-order valence-corrected chi connectivity index (χ4v) is 2.10. The minimum Gasteiger partial charge on any atom is -0.318 e. The van der Waals surface area contributed by atoms with Crippen molar-refractivity contribution in [3.05, 3.63) is 65.5 Å². The highest BCUT2D eigenvalue weighted by Gasteiger charge is 2.38. The molecular weight excluding hydrogens is 324 g/mol. The summed E-state index contributed by atoms with van der Waals surface area (Å²) in [4.78, 5) is 10.9. The molecule has 1 atom stereocenters. The topological polar surface area (TPSA) is 41.1 Å². The summed E-state index contributed by atoms with van der Waals surface area (Å²) in [6.45, 7) is 2.27. The summed E-state index contributed by atoms with van der Waals surface area (Å²) >= 11 is 0. The maximum atomic E-state index is 12.9. The number of nitrogens with one attached hydrogen (secondary N) is 2. The number of benzene rings is 2. The molecule has 0 aliphatic rings. The molecule has 24 heavy (non-hydrogen) atoms. The van der Waals surface area contributed by atoms with Crippen molar-refractivity contribution >= 4 is 11.6 Å². The number of carbonyl (C=O) groups excluding carboxylic acids is 1. The summed E-state index contributed by atoms with van der Waals surface area (Å²) in [5, 5.41) is 5.00. The molecule has 0 aliphatic heterocycles. The molecule has 0 radical (unpaired) electrons. The minimum absolute atomic E-state index is 0.0703. The predicted molar refractivity (Wildman–Crippen MR) is 82.8 cm³/mol. The third kappa shape index (κ3) is 5.06. The van der Waals surface area contributed by atoms with Crippen LogP contribution >= 0.6 is 0 Å². The average molecular weight is 340 g/mol. The van der Waals surface area contributed by atoms with Gasteiger partial charge < -0.3 is 10.6 Å². The fraction of sp³-hybridized carbons (Fsp3) is 0.235. The van der Waals surface area contributed by atoms with E-state index in [1.165, 1.54) is 24.3 Å². The van der Waals surface area contributed by atoms with Crippen LogP contribution in [0.25, 0.3) is 0 Å². The number of carbonyl (C=O) groups is 1. The van der Waals surface area contributed by atoms with Crippen LogP contribution in [0.1, 0.15) is 24.1 Å². The highest BCUT2D eigenvalue weighted by atomic mass is 19.4. The van der Waals surface area contributed by atoms with Crippen molar-refractivity contribution in [3.8, 4) is 0 Å². The second-order valence-electron chi connectivity index (χ2n) is 5.31. The summed E-state index contributed by atoms with van der Waals surface area (Å²) in [5.41, 5.74) is 1.67. The van der Waals surface area contributed by atoms with Gasteiger partial charge in [0.25, 0.3) is 0 Å². The summed E-state index contributed by atoms with van der Waals surface area (Å²) in [6, 6.07) is 12.1. The Morgan fingerprint density at radius 3 is 2.42 bits per heavy atom. The van der Waals surface area contributed by atoms with Crippen molar-refractivity contribution in [1.29, 1.82) is 0 Å². The first-order chi connectivity index (χ1) is 11.3. The first kappa shape index (κ1) is 17.9. The van der Waals surface area contributed by atoms with E-state index in [0.717, 1.165) is 5.56 Å². The zero-order valence-electron chi connectivity index (χ0n) is 12.8.